The molecule has 2 saturated carbocycles. The van der Waals surface area contributed by atoms with Gasteiger partial charge in [-0.1, -0.05) is 18.5 Å². The molecule has 4 fully saturated rings. The molecule has 0 amide bonds. The molecule has 1 spiro atoms. The molecule has 1 aromatic rings. The Morgan fingerprint density at radius 2 is 1.80 bits per heavy atom. The fraction of sp³-hybridized carbons (Fsp3) is 0.571. The zero-order valence-electron chi connectivity index (χ0n) is 22.0. The molecule has 10 atom stereocenters. The van der Waals surface area contributed by atoms with Crippen molar-refractivity contribution in [2.24, 2.45) is 28.6 Å². The summed E-state index contributed by atoms with van der Waals surface area (Å²) in [6.45, 7) is 3.15. The van der Waals surface area contributed by atoms with Crippen molar-refractivity contribution in [1.29, 1.82) is 0 Å². The molecule has 2 aliphatic heterocycles. The fourth-order valence-corrected chi connectivity index (χ4v) is 8.75. The van der Waals surface area contributed by atoms with Crippen LogP contribution in [0.3, 0.4) is 0 Å². The molecule has 6 rings (SSSR count). The van der Waals surface area contributed by atoms with Gasteiger partial charge in [0.15, 0.2) is 11.5 Å². The van der Waals surface area contributed by atoms with Crippen LogP contribution >= 0.6 is 11.6 Å². The largest absolute Gasteiger partial charge is 0.504 e. The number of benzene rings is 1. The minimum atomic E-state index is -2.26. The first-order chi connectivity index (χ1) is 18.8. The lowest BCUT2D eigenvalue weighted by molar-refractivity contribution is -0.288. The van der Waals surface area contributed by atoms with Crippen molar-refractivity contribution in [3.05, 3.63) is 46.2 Å². The quantitative estimate of drug-likeness (QED) is 0.353. The molecule has 214 valence electrons. The second kappa shape index (κ2) is 8.75. The lowest BCUT2D eigenvalue weighted by Crippen LogP contribution is -2.79. The van der Waals surface area contributed by atoms with Crippen LogP contribution in [0.5, 0.6) is 0 Å². The molecule has 12 heteroatoms. The van der Waals surface area contributed by atoms with Crippen LogP contribution in [0.2, 0.25) is 5.02 Å². The first kappa shape index (κ1) is 27.2. The lowest BCUT2D eigenvalue weighted by atomic mass is 9.38. The molecule has 2 heterocycles. The second-order valence-corrected chi connectivity index (χ2v) is 12.2. The van der Waals surface area contributed by atoms with Crippen molar-refractivity contribution in [2.45, 2.75) is 56.7 Å². The van der Waals surface area contributed by atoms with Gasteiger partial charge in [-0.15, -0.1) is 0 Å². The molecular formula is C28H29ClO11. The van der Waals surface area contributed by atoms with Gasteiger partial charge >= 0.3 is 17.9 Å². The SMILES string of the molecule is COC(=O)C12OCC34C(CC5C(C)=C(O)C(=O)CC5(C)C3C(O)C1O)OC(=O)C(OC(=O)c1ccc(Cl)cc1)C24. The highest BCUT2D eigenvalue weighted by atomic mass is 35.5. The number of ether oxygens (including phenoxy) is 4. The van der Waals surface area contributed by atoms with Crippen LogP contribution < -0.4 is 0 Å². The van der Waals surface area contributed by atoms with E-state index in [1.54, 1.807) is 13.8 Å². The molecule has 40 heavy (non-hydrogen) atoms. The first-order valence-electron chi connectivity index (χ1n) is 13.0. The van der Waals surface area contributed by atoms with Gasteiger partial charge in [0.1, 0.15) is 12.2 Å². The predicted molar refractivity (Wildman–Crippen MR) is 134 cm³/mol. The Hall–Kier alpha value is -2.99. The molecule has 3 aliphatic carbocycles. The van der Waals surface area contributed by atoms with E-state index in [9.17, 15) is 34.5 Å². The molecule has 2 saturated heterocycles. The number of Topliss-reactive ketones (excluding diaryl/α,β-unsaturated/α-hetero) is 1. The maximum Gasteiger partial charge on any atom is 0.348 e. The van der Waals surface area contributed by atoms with Gasteiger partial charge in [-0.3, -0.25) is 4.79 Å². The lowest BCUT2D eigenvalue weighted by Gasteiger charge is -2.67. The Kier molecular flexibility index (Phi) is 5.95. The summed E-state index contributed by atoms with van der Waals surface area (Å²) < 4.78 is 22.7. The van der Waals surface area contributed by atoms with Gasteiger partial charge in [-0.25, -0.2) is 14.4 Å². The highest BCUT2D eigenvalue weighted by Gasteiger charge is 2.85. The third-order valence-electron chi connectivity index (χ3n) is 10.2. The van der Waals surface area contributed by atoms with Gasteiger partial charge in [0, 0.05) is 22.8 Å². The van der Waals surface area contributed by atoms with Gasteiger partial charge in [0.25, 0.3) is 0 Å². The summed E-state index contributed by atoms with van der Waals surface area (Å²) in [5.74, 6) is -6.55. The first-order valence-corrected chi connectivity index (χ1v) is 13.4. The number of fused-ring (bicyclic) bond motifs is 2. The summed E-state index contributed by atoms with van der Waals surface area (Å²) in [4.78, 5) is 53.1. The summed E-state index contributed by atoms with van der Waals surface area (Å²) in [6.07, 6.45) is -6.19. The molecule has 2 bridgehead atoms. The van der Waals surface area contributed by atoms with Crippen LogP contribution in [-0.4, -0.2) is 82.7 Å². The van der Waals surface area contributed by atoms with Gasteiger partial charge in [-0.05, 0) is 54.5 Å². The number of aliphatic hydroxyl groups is 3. The van der Waals surface area contributed by atoms with E-state index in [1.807, 2.05) is 0 Å². The third-order valence-corrected chi connectivity index (χ3v) is 10.4. The van der Waals surface area contributed by atoms with Crippen LogP contribution in [0.25, 0.3) is 0 Å². The number of hydrogen-bond acceptors (Lipinski definition) is 11. The molecule has 1 aromatic carbocycles. The van der Waals surface area contributed by atoms with Crippen molar-refractivity contribution in [1.82, 2.24) is 0 Å². The zero-order valence-corrected chi connectivity index (χ0v) is 22.7. The Labute approximate surface area is 234 Å². The van der Waals surface area contributed by atoms with E-state index in [1.165, 1.54) is 24.3 Å². The highest BCUT2D eigenvalue weighted by Crippen LogP contribution is 2.72. The van der Waals surface area contributed by atoms with Crippen molar-refractivity contribution in [2.75, 3.05) is 13.7 Å². The Balaban J connectivity index is 1.53. The Morgan fingerprint density at radius 3 is 2.45 bits per heavy atom. The molecule has 10 unspecified atom stereocenters. The van der Waals surface area contributed by atoms with Crippen LogP contribution in [0.15, 0.2) is 35.6 Å². The molecule has 3 N–H and O–H groups in total. The zero-order chi connectivity index (χ0) is 28.9. The standard InChI is InChI=1S/C28H29ClO11/c1-11-14-8-16-27-10-38-28(25(36)37-3,22(33)18(32)20(27)26(14,2)9-15(30)17(11)31)21(27)19(24(35)39-16)40-23(34)12-4-6-13(29)7-5-12/h4-7,14,16,18-22,31-33H,8-10H2,1-3H3. The van der Waals surface area contributed by atoms with Crippen molar-refractivity contribution in [3.63, 3.8) is 0 Å². The normalized spacial score (nSPS) is 43.4. The van der Waals surface area contributed by atoms with E-state index < -0.39 is 82.3 Å². The van der Waals surface area contributed by atoms with Gasteiger partial charge < -0.3 is 34.3 Å². The maximum atomic E-state index is 13.6. The van der Waals surface area contributed by atoms with Crippen LogP contribution in [0.4, 0.5) is 0 Å². The maximum absolute atomic E-state index is 13.6. The minimum absolute atomic E-state index is 0.0786. The van der Waals surface area contributed by atoms with Crippen LogP contribution in [-0.2, 0) is 33.3 Å². The number of rotatable bonds is 3. The van der Waals surface area contributed by atoms with Crippen molar-refractivity contribution in [3.8, 4) is 0 Å². The number of ketones is 1. The fourth-order valence-electron chi connectivity index (χ4n) is 8.63. The molecule has 0 aromatic heterocycles. The summed E-state index contributed by atoms with van der Waals surface area (Å²) in [6, 6.07) is 5.76. The molecule has 0 radical (unpaired) electrons. The number of allylic oxidation sites excluding steroid dienone is 2. The van der Waals surface area contributed by atoms with Gasteiger partial charge in [0.2, 0.25) is 11.7 Å². The number of hydrogen-bond donors (Lipinski definition) is 3. The average molecular weight is 577 g/mol. The van der Waals surface area contributed by atoms with E-state index in [2.05, 4.69) is 0 Å². The average Bonchev–Trinajstić information content (AvgIpc) is 3.22. The van der Waals surface area contributed by atoms with Crippen molar-refractivity contribution < 1.29 is 53.4 Å². The van der Waals surface area contributed by atoms with E-state index in [-0.39, 0.29) is 30.8 Å². The highest BCUT2D eigenvalue weighted by molar-refractivity contribution is 6.30. The molecular weight excluding hydrogens is 548 g/mol. The van der Waals surface area contributed by atoms with Gasteiger partial charge in [0.05, 0.1) is 31.3 Å². The van der Waals surface area contributed by atoms with Gasteiger partial charge in [-0.2, -0.15) is 0 Å². The number of esters is 3. The Morgan fingerprint density at radius 1 is 1.12 bits per heavy atom. The van der Waals surface area contributed by atoms with Crippen molar-refractivity contribution >= 4 is 35.3 Å². The summed E-state index contributed by atoms with van der Waals surface area (Å²) in [7, 11) is 1.08. The predicted octanol–water partition coefficient (Wildman–Crippen LogP) is 1.52. The van der Waals surface area contributed by atoms with E-state index >= 15 is 0 Å². The van der Waals surface area contributed by atoms with E-state index in [0.717, 1.165) is 7.11 Å². The Bertz CT molecular complexity index is 1360. The summed E-state index contributed by atoms with van der Waals surface area (Å²) in [5, 5.41) is 34.2. The molecule has 5 aliphatic rings. The summed E-state index contributed by atoms with van der Waals surface area (Å²) in [5.41, 5.74) is -4.17. The number of methoxy groups -OCH3 is 1. The second-order valence-electron chi connectivity index (χ2n) is 11.8. The number of aliphatic hydroxyl groups excluding tert-OH is 3. The van der Waals surface area contributed by atoms with E-state index in [4.69, 9.17) is 30.5 Å². The number of halogens is 1. The van der Waals surface area contributed by atoms with Crippen LogP contribution in [0.1, 0.15) is 37.0 Å². The topological polar surface area (TPSA) is 166 Å². The third kappa shape index (κ3) is 3.17. The number of carbonyl (C=O) groups is 4. The summed E-state index contributed by atoms with van der Waals surface area (Å²) >= 11 is 5.93. The minimum Gasteiger partial charge on any atom is -0.504 e. The smallest absolute Gasteiger partial charge is 0.348 e. The number of carbonyl (C=O) groups excluding carboxylic acids is 4. The van der Waals surface area contributed by atoms with Crippen LogP contribution in [0, 0.1) is 28.6 Å². The van der Waals surface area contributed by atoms with E-state index in [0.29, 0.717) is 10.6 Å². The molecule has 11 nitrogen and oxygen atoms in total. The monoisotopic (exact) mass is 576 g/mol.